The first-order valence-electron chi connectivity index (χ1n) is 12.7. The van der Waals surface area contributed by atoms with Gasteiger partial charge in [-0.3, -0.25) is 9.59 Å². The van der Waals surface area contributed by atoms with E-state index in [-0.39, 0.29) is 17.5 Å². The monoisotopic (exact) mass is 522 g/mol. The van der Waals surface area contributed by atoms with Gasteiger partial charge in [-0.15, -0.1) is 0 Å². The predicted molar refractivity (Wildman–Crippen MR) is 143 cm³/mol. The molecule has 3 aromatic rings. The number of amides is 2. The molecule has 0 atom stereocenters. The summed E-state index contributed by atoms with van der Waals surface area (Å²) >= 11 is 0. The van der Waals surface area contributed by atoms with Crippen molar-refractivity contribution >= 4 is 34.5 Å². The number of aromatic nitrogens is 1. The smallest absolute Gasteiger partial charge is 0.248 e. The van der Waals surface area contributed by atoms with Crippen LogP contribution in [0.3, 0.4) is 0 Å². The largest absolute Gasteiger partial charge is 0.396 e. The number of halogens is 2. The number of carbonyl (C=O) groups excluding carboxylic acids is 2. The summed E-state index contributed by atoms with van der Waals surface area (Å²) in [7, 11) is 1.71. The molecule has 0 saturated heterocycles. The Kier molecular flexibility index (Phi) is 8.55. The molecular formula is C29H32F2N4O3. The number of nitrogens with one attached hydrogen (secondary N) is 2. The second-order valence-electron chi connectivity index (χ2n) is 9.51. The molecule has 200 valence electrons. The molecule has 0 spiro atoms. The zero-order chi connectivity index (χ0) is 27.1. The van der Waals surface area contributed by atoms with Gasteiger partial charge in [0.1, 0.15) is 23.8 Å². The normalized spacial score (nSPS) is 17.5. The number of rotatable bonds is 9. The summed E-state index contributed by atoms with van der Waals surface area (Å²) in [6.45, 7) is 2.70. The number of hydrogen-bond donors (Lipinski definition) is 2. The van der Waals surface area contributed by atoms with E-state index in [4.69, 9.17) is 4.84 Å². The van der Waals surface area contributed by atoms with E-state index in [1.165, 1.54) is 30.3 Å². The van der Waals surface area contributed by atoms with Crippen molar-refractivity contribution in [2.45, 2.75) is 44.6 Å². The van der Waals surface area contributed by atoms with Crippen LogP contribution in [0.1, 0.15) is 43.7 Å². The number of carbonyl (C=O) groups is 2. The van der Waals surface area contributed by atoms with Gasteiger partial charge in [0.2, 0.25) is 11.8 Å². The first kappa shape index (κ1) is 27.0. The van der Waals surface area contributed by atoms with Crippen molar-refractivity contribution in [1.29, 1.82) is 0 Å². The lowest BCUT2D eigenvalue weighted by Gasteiger charge is -2.39. The van der Waals surface area contributed by atoms with E-state index in [0.717, 1.165) is 22.2 Å². The van der Waals surface area contributed by atoms with Crippen LogP contribution in [-0.4, -0.2) is 53.1 Å². The van der Waals surface area contributed by atoms with Crippen molar-refractivity contribution in [3.63, 3.8) is 0 Å². The van der Waals surface area contributed by atoms with E-state index < -0.39 is 11.4 Å². The predicted octanol–water partition coefficient (Wildman–Crippen LogP) is 4.98. The van der Waals surface area contributed by atoms with Gasteiger partial charge >= 0.3 is 0 Å². The SMILES string of the molecule is CCON=C1CCC(NC(=O)/C=C/c2ccc(F)cc2)(C(=O)N(C)CCc2c[nH]c3ccc(F)cc23)CC1. The number of benzene rings is 2. The van der Waals surface area contributed by atoms with Crippen molar-refractivity contribution in [2.24, 2.45) is 5.16 Å². The second-order valence-corrected chi connectivity index (χ2v) is 9.51. The Morgan fingerprint density at radius 3 is 2.55 bits per heavy atom. The molecule has 1 saturated carbocycles. The highest BCUT2D eigenvalue weighted by molar-refractivity contribution is 5.99. The van der Waals surface area contributed by atoms with Crippen LogP contribution in [0.4, 0.5) is 8.78 Å². The van der Waals surface area contributed by atoms with Crippen LogP contribution in [-0.2, 0) is 20.8 Å². The number of oxime groups is 1. The van der Waals surface area contributed by atoms with Gasteiger partial charge in [-0.25, -0.2) is 8.78 Å². The molecule has 2 N–H and O–H groups in total. The van der Waals surface area contributed by atoms with E-state index in [1.807, 2.05) is 13.1 Å². The van der Waals surface area contributed by atoms with E-state index in [1.54, 1.807) is 36.2 Å². The number of likely N-dealkylation sites (N-methyl/N-ethyl adjacent to an activating group) is 1. The molecule has 9 heteroatoms. The molecule has 2 aromatic carbocycles. The summed E-state index contributed by atoms with van der Waals surface area (Å²) < 4.78 is 27.0. The van der Waals surface area contributed by atoms with E-state index in [2.05, 4.69) is 15.5 Å². The minimum Gasteiger partial charge on any atom is -0.396 e. The summed E-state index contributed by atoms with van der Waals surface area (Å²) in [4.78, 5) is 36.6. The van der Waals surface area contributed by atoms with Gasteiger partial charge in [0.15, 0.2) is 0 Å². The van der Waals surface area contributed by atoms with Gasteiger partial charge < -0.3 is 20.0 Å². The maximum absolute atomic E-state index is 13.8. The molecule has 1 aliphatic carbocycles. The lowest BCUT2D eigenvalue weighted by molar-refractivity contribution is -0.140. The van der Waals surface area contributed by atoms with Gasteiger partial charge in [-0.1, -0.05) is 17.3 Å². The van der Waals surface area contributed by atoms with Gasteiger partial charge in [-0.2, -0.15) is 0 Å². The second kappa shape index (κ2) is 12.0. The maximum Gasteiger partial charge on any atom is 0.248 e. The van der Waals surface area contributed by atoms with Crippen LogP contribution in [0.15, 0.2) is 59.9 Å². The summed E-state index contributed by atoms with van der Waals surface area (Å²) in [5.41, 5.74) is 2.17. The van der Waals surface area contributed by atoms with Crippen LogP contribution in [0.25, 0.3) is 17.0 Å². The number of fused-ring (bicyclic) bond motifs is 1. The molecule has 0 aliphatic heterocycles. The van der Waals surface area contributed by atoms with Crippen molar-refractivity contribution in [3.05, 3.63) is 77.5 Å². The average molecular weight is 523 g/mol. The van der Waals surface area contributed by atoms with E-state index >= 15 is 0 Å². The summed E-state index contributed by atoms with van der Waals surface area (Å²) in [5, 5.41) is 7.89. The van der Waals surface area contributed by atoms with Crippen molar-refractivity contribution in [2.75, 3.05) is 20.2 Å². The molecule has 38 heavy (non-hydrogen) atoms. The molecule has 2 amide bonds. The Morgan fingerprint density at radius 1 is 1.13 bits per heavy atom. The molecular weight excluding hydrogens is 490 g/mol. The van der Waals surface area contributed by atoms with Gasteiger partial charge in [-0.05, 0) is 86.6 Å². The van der Waals surface area contributed by atoms with Crippen LogP contribution in [0, 0.1) is 11.6 Å². The van der Waals surface area contributed by atoms with Crippen LogP contribution in [0.2, 0.25) is 0 Å². The fraction of sp³-hybridized carbons (Fsp3) is 0.345. The summed E-state index contributed by atoms with van der Waals surface area (Å²) in [5.74, 6) is -1.27. The number of aromatic amines is 1. The standard InChI is InChI=1S/C29H32F2N4O3/c1-3-38-34-24-12-15-29(16-13-24,33-27(36)11-6-20-4-7-22(30)8-5-20)28(37)35(2)17-14-21-19-32-26-10-9-23(31)18-25(21)26/h4-11,18-19,32H,3,12-17H2,1-2H3,(H,33,36)/b11-6+,34-24?. The average Bonchev–Trinajstić information content (AvgIpc) is 3.32. The highest BCUT2D eigenvalue weighted by atomic mass is 19.1. The maximum atomic E-state index is 13.8. The third kappa shape index (κ3) is 6.45. The van der Waals surface area contributed by atoms with E-state index in [9.17, 15) is 18.4 Å². The Labute approximate surface area is 220 Å². The Bertz CT molecular complexity index is 1340. The van der Waals surface area contributed by atoms with Crippen molar-refractivity contribution < 1.29 is 23.2 Å². The molecule has 1 aromatic heterocycles. The minimum absolute atomic E-state index is 0.192. The zero-order valence-corrected chi connectivity index (χ0v) is 21.6. The van der Waals surface area contributed by atoms with Gasteiger partial charge in [0, 0.05) is 36.8 Å². The Balaban J connectivity index is 1.48. The van der Waals surface area contributed by atoms with Gasteiger partial charge in [0.25, 0.3) is 0 Å². The minimum atomic E-state index is -1.10. The quantitative estimate of drug-likeness (QED) is 0.307. The van der Waals surface area contributed by atoms with E-state index in [0.29, 0.717) is 50.8 Å². The number of hydrogen-bond acceptors (Lipinski definition) is 4. The molecule has 0 radical (unpaired) electrons. The molecule has 1 fully saturated rings. The molecule has 1 aliphatic rings. The fourth-order valence-corrected chi connectivity index (χ4v) is 4.74. The zero-order valence-electron chi connectivity index (χ0n) is 21.6. The Hall–Kier alpha value is -4.01. The number of nitrogens with zero attached hydrogens (tertiary/aromatic N) is 2. The third-order valence-electron chi connectivity index (χ3n) is 6.87. The van der Waals surface area contributed by atoms with Crippen molar-refractivity contribution in [3.8, 4) is 0 Å². The molecule has 4 rings (SSSR count). The summed E-state index contributed by atoms with van der Waals surface area (Å²) in [6.07, 6.45) is 7.10. The lowest BCUT2D eigenvalue weighted by atomic mass is 9.79. The summed E-state index contributed by atoms with van der Waals surface area (Å²) in [6, 6.07) is 10.4. The van der Waals surface area contributed by atoms with Gasteiger partial charge in [0.05, 0.1) is 5.71 Å². The highest BCUT2D eigenvalue weighted by Crippen LogP contribution is 2.30. The molecule has 0 unspecified atom stereocenters. The number of H-pyrrole nitrogens is 1. The van der Waals surface area contributed by atoms with Crippen molar-refractivity contribution in [1.82, 2.24) is 15.2 Å². The fourth-order valence-electron chi connectivity index (χ4n) is 4.74. The topological polar surface area (TPSA) is 86.8 Å². The van der Waals surface area contributed by atoms with Crippen LogP contribution >= 0.6 is 0 Å². The lowest BCUT2D eigenvalue weighted by Crippen LogP contribution is -2.60. The first-order valence-corrected chi connectivity index (χ1v) is 12.7. The molecule has 7 nitrogen and oxygen atoms in total. The van der Waals surface area contributed by atoms with Crippen LogP contribution < -0.4 is 5.32 Å². The molecule has 1 heterocycles. The third-order valence-corrected chi connectivity index (χ3v) is 6.87. The molecule has 0 bridgehead atoms. The Morgan fingerprint density at radius 2 is 1.84 bits per heavy atom. The first-order chi connectivity index (χ1) is 18.3. The van der Waals surface area contributed by atoms with Crippen LogP contribution in [0.5, 0.6) is 0 Å². The highest BCUT2D eigenvalue weighted by Gasteiger charge is 2.43.